The Balaban J connectivity index is 1.23. The normalized spacial score (nSPS) is 22.9. The number of fused-ring (bicyclic) bond motifs is 3. The highest BCUT2D eigenvalue weighted by molar-refractivity contribution is 5.94. The number of aromatic nitrogens is 3. The van der Waals surface area contributed by atoms with Crippen molar-refractivity contribution >= 4 is 16.7 Å². The van der Waals surface area contributed by atoms with Crippen LogP contribution >= 0.6 is 0 Å². The van der Waals surface area contributed by atoms with Crippen molar-refractivity contribution in [2.24, 2.45) is 0 Å². The van der Waals surface area contributed by atoms with E-state index in [2.05, 4.69) is 52.4 Å². The van der Waals surface area contributed by atoms with Crippen LogP contribution in [0, 0.1) is 0 Å². The minimum atomic E-state index is -0.505. The average molecular weight is 395 g/mol. The molecule has 1 N–H and O–H groups in total. The fraction of sp³-hybridized carbons (Fsp3) is 0.240. The van der Waals surface area contributed by atoms with E-state index in [4.69, 9.17) is 9.72 Å². The molecule has 1 aliphatic heterocycles. The zero-order valence-electron chi connectivity index (χ0n) is 16.5. The van der Waals surface area contributed by atoms with Crippen LogP contribution in [0.25, 0.3) is 22.2 Å². The van der Waals surface area contributed by atoms with E-state index in [1.807, 2.05) is 6.20 Å². The Labute approximate surface area is 174 Å². The number of nitrogens with zero attached hydrogens (tertiary/aromatic N) is 2. The van der Waals surface area contributed by atoms with Crippen LogP contribution in [0.3, 0.4) is 0 Å². The Morgan fingerprint density at radius 1 is 1.03 bits per heavy atom. The van der Waals surface area contributed by atoms with E-state index in [-0.39, 0.29) is 5.97 Å². The van der Waals surface area contributed by atoms with Crippen LogP contribution in [0.2, 0.25) is 0 Å². The molecule has 2 aromatic carbocycles. The van der Waals surface area contributed by atoms with Gasteiger partial charge >= 0.3 is 5.97 Å². The number of hydrogen-bond acceptors (Lipinski definition) is 4. The molecule has 1 fully saturated rings. The molecule has 2 aromatic heterocycles. The first-order valence-corrected chi connectivity index (χ1v) is 10.4. The monoisotopic (exact) mass is 395 g/mol. The Kier molecular flexibility index (Phi) is 3.78. The van der Waals surface area contributed by atoms with Gasteiger partial charge in [-0.05, 0) is 48.6 Å². The van der Waals surface area contributed by atoms with Gasteiger partial charge in [0, 0.05) is 35.6 Å². The Morgan fingerprint density at radius 3 is 2.73 bits per heavy atom. The highest BCUT2D eigenvalue weighted by Gasteiger charge is 2.48. The number of hydrogen-bond donors (Lipinski definition) is 1. The van der Waals surface area contributed by atoms with Gasteiger partial charge in [0.1, 0.15) is 11.4 Å². The van der Waals surface area contributed by atoms with E-state index in [1.165, 1.54) is 10.8 Å². The molecule has 0 amide bonds. The highest BCUT2D eigenvalue weighted by atomic mass is 16.6. The lowest BCUT2D eigenvalue weighted by Gasteiger charge is -2.35. The standard InChI is InChI=1S/C25H21N3O2/c29-24-20-9-12-26-14-21(20)25(30-24)10-7-17(8-11-25)22-15-27-23(28-22)19-6-5-16-3-1-2-4-18(16)13-19/h1-6,9,12-15,17H,7-8,10-11H2,(H,27,28)/t17-,25-. The third-order valence-electron chi connectivity index (χ3n) is 6.65. The molecule has 1 aliphatic carbocycles. The SMILES string of the molecule is O=C1O[C@]2(CC[C@H](c3c[nH]c(-c4ccc5ccccc5c4)n3)CC2)c2cnccc21. The summed E-state index contributed by atoms with van der Waals surface area (Å²) in [7, 11) is 0. The number of pyridine rings is 1. The summed E-state index contributed by atoms with van der Waals surface area (Å²) < 4.78 is 5.85. The second-order valence-corrected chi connectivity index (χ2v) is 8.32. The van der Waals surface area contributed by atoms with Crippen LogP contribution in [0.5, 0.6) is 0 Å². The fourth-order valence-corrected chi connectivity index (χ4v) is 5.00. The van der Waals surface area contributed by atoms with E-state index < -0.39 is 5.60 Å². The average Bonchev–Trinajstić information content (AvgIpc) is 3.39. The second kappa shape index (κ2) is 6.52. The minimum Gasteiger partial charge on any atom is -0.450 e. The first-order chi connectivity index (χ1) is 14.7. The van der Waals surface area contributed by atoms with Crippen molar-refractivity contribution in [3.8, 4) is 11.4 Å². The smallest absolute Gasteiger partial charge is 0.339 e. The molecule has 0 unspecified atom stereocenters. The van der Waals surface area contributed by atoms with Crippen molar-refractivity contribution in [1.82, 2.24) is 15.0 Å². The van der Waals surface area contributed by atoms with Gasteiger partial charge in [-0.2, -0.15) is 0 Å². The zero-order valence-corrected chi connectivity index (χ0v) is 16.5. The van der Waals surface area contributed by atoms with Gasteiger partial charge in [-0.3, -0.25) is 4.98 Å². The van der Waals surface area contributed by atoms with E-state index in [1.54, 1.807) is 18.5 Å². The first kappa shape index (κ1) is 17.4. The van der Waals surface area contributed by atoms with Gasteiger partial charge in [-0.25, -0.2) is 9.78 Å². The molecule has 1 spiro atoms. The summed E-state index contributed by atoms with van der Waals surface area (Å²) in [5.41, 5.74) is 3.30. The van der Waals surface area contributed by atoms with Gasteiger partial charge in [0.05, 0.1) is 11.3 Å². The van der Waals surface area contributed by atoms with E-state index in [9.17, 15) is 4.79 Å². The summed E-state index contributed by atoms with van der Waals surface area (Å²) in [6, 6.07) is 16.5. The number of esters is 1. The van der Waals surface area contributed by atoms with Gasteiger partial charge < -0.3 is 9.72 Å². The van der Waals surface area contributed by atoms with Gasteiger partial charge in [-0.15, -0.1) is 0 Å². The van der Waals surface area contributed by atoms with Gasteiger partial charge in [0.2, 0.25) is 0 Å². The topological polar surface area (TPSA) is 67.9 Å². The van der Waals surface area contributed by atoms with Crippen LogP contribution in [-0.4, -0.2) is 20.9 Å². The Bertz CT molecular complexity index is 1270. The molecule has 2 aliphatic rings. The zero-order chi connectivity index (χ0) is 20.1. The molecule has 0 saturated heterocycles. The van der Waals surface area contributed by atoms with Crippen molar-refractivity contribution in [3.63, 3.8) is 0 Å². The van der Waals surface area contributed by atoms with E-state index in [0.29, 0.717) is 11.5 Å². The van der Waals surface area contributed by atoms with E-state index >= 15 is 0 Å². The minimum absolute atomic E-state index is 0.218. The van der Waals surface area contributed by atoms with Gasteiger partial charge in [0.25, 0.3) is 0 Å². The number of ether oxygens (including phenoxy) is 1. The van der Waals surface area contributed by atoms with Gasteiger partial charge in [0.15, 0.2) is 0 Å². The lowest BCUT2D eigenvalue weighted by molar-refractivity contribution is -0.0311. The second-order valence-electron chi connectivity index (χ2n) is 8.32. The molecule has 0 atom stereocenters. The molecule has 6 rings (SSSR count). The third kappa shape index (κ3) is 2.65. The largest absolute Gasteiger partial charge is 0.450 e. The highest BCUT2D eigenvalue weighted by Crippen LogP contribution is 2.49. The number of rotatable bonds is 2. The van der Waals surface area contributed by atoms with E-state index in [0.717, 1.165) is 48.3 Å². The number of carbonyl (C=O) groups is 1. The molecular formula is C25H21N3O2. The third-order valence-corrected chi connectivity index (χ3v) is 6.65. The number of imidazole rings is 1. The number of benzene rings is 2. The summed E-state index contributed by atoms with van der Waals surface area (Å²) in [6.45, 7) is 0. The van der Waals surface area contributed by atoms with Crippen LogP contribution in [-0.2, 0) is 10.3 Å². The molecular weight excluding hydrogens is 374 g/mol. The van der Waals surface area contributed by atoms with Crippen molar-refractivity contribution < 1.29 is 9.53 Å². The maximum atomic E-state index is 12.3. The summed E-state index contributed by atoms with van der Waals surface area (Å²) in [5.74, 6) is 1.04. The number of carbonyl (C=O) groups excluding carboxylic acids is 1. The fourth-order valence-electron chi connectivity index (χ4n) is 5.00. The van der Waals surface area contributed by atoms with Crippen molar-refractivity contribution in [2.45, 2.75) is 37.2 Å². The summed E-state index contributed by atoms with van der Waals surface area (Å²) in [5, 5.41) is 2.44. The quantitative estimate of drug-likeness (QED) is 0.465. The first-order valence-electron chi connectivity index (χ1n) is 10.4. The number of H-pyrrole nitrogens is 1. The van der Waals surface area contributed by atoms with Crippen LogP contribution in [0.1, 0.15) is 53.2 Å². The molecule has 0 radical (unpaired) electrons. The maximum absolute atomic E-state index is 12.3. The molecule has 5 heteroatoms. The lowest BCUT2D eigenvalue weighted by Crippen LogP contribution is -2.31. The van der Waals surface area contributed by atoms with Crippen LogP contribution < -0.4 is 0 Å². The Morgan fingerprint density at radius 2 is 1.87 bits per heavy atom. The van der Waals surface area contributed by atoms with Crippen molar-refractivity contribution in [3.05, 3.63) is 83.9 Å². The number of aromatic amines is 1. The molecule has 30 heavy (non-hydrogen) atoms. The predicted molar refractivity (Wildman–Crippen MR) is 114 cm³/mol. The van der Waals surface area contributed by atoms with Crippen molar-refractivity contribution in [1.29, 1.82) is 0 Å². The Hall–Kier alpha value is -3.47. The van der Waals surface area contributed by atoms with Crippen LogP contribution in [0.4, 0.5) is 0 Å². The summed E-state index contributed by atoms with van der Waals surface area (Å²) in [6.07, 6.45) is 8.97. The number of nitrogens with one attached hydrogen (secondary N) is 1. The summed E-state index contributed by atoms with van der Waals surface area (Å²) in [4.78, 5) is 24.8. The molecule has 0 bridgehead atoms. The maximum Gasteiger partial charge on any atom is 0.339 e. The molecule has 5 nitrogen and oxygen atoms in total. The predicted octanol–water partition coefficient (Wildman–Crippen LogP) is 5.35. The molecule has 148 valence electrons. The molecule has 3 heterocycles. The van der Waals surface area contributed by atoms with Crippen LogP contribution in [0.15, 0.2) is 67.1 Å². The lowest BCUT2D eigenvalue weighted by atomic mass is 9.74. The summed E-state index contributed by atoms with van der Waals surface area (Å²) >= 11 is 0. The molecule has 1 saturated carbocycles. The van der Waals surface area contributed by atoms with Crippen molar-refractivity contribution in [2.75, 3.05) is 0 Å². The van der Waals surface area contributed by atoms with Gasteiger partial charge in [-0.1, -0.05) is 36.4 Å². The molecule has 4 aromatic rings.